The molecule has 0 aliphatic carbocycles. The maximum atomic E-state index is 15.1. The molecule has 2 aliphatic heterocycles. The van der Waals surface area contributed by atoms with E-state index in [2.05, 4.69) is 15.5 Å². The summed E-state index contributed by atoms with van der Waals surface area (Å²) < 4.78 is 59.1. The van der Waals surface area contributed by atoms with Gasteiger partial charge in [0.25, 0.3) is 0 Å². The fraction of sp³-hybridized carbons (Fsp3) is 0.136. The second kappa shape index (κ2) is 6.95. The van der Waals surface area contributed by atoms with E-state index in [9.17, 15) is 23.2 Å². The van der Waals surface area contributed by atoms with Crippen molar-refractivity contribution in [2.24, 2.45) is 0 Å². The highest BCUT2D eigenvalue weighted by Crippen LogP contribution is 2.44. The molecule has 0 radical (unpaired) electrons. The number of dihydropyridines is 1. The summed E-state index contributed by atoms with van der Waals surface area (Å²) in [6, 6.07) is 8.95. The molecule has 0 spiro atoms. The molecule has 0 fully saturated rings. The molecule has 0 saturated carbocycles. The third-order valence-electron chi connectivity index (χ3n) is 5.51. The first-order valence-corrected chi connectivity index (χ1v) is 9.39. The number of carbonyl (C=O) groups excluding carboxylic acids is 1. The van der Waals surface area contributed by atoms with Crippen molar-refractivity contribution in [1.29, 1.82) is 5.26 Å². The van der Waals surface area contributed by atoms with Gasteiger partial charge in [0.1, 0.15) is 12.4 Å². The Hall–Kier alpha value is -4.13. The van der Waals surface area contributed by atoms with Crippen LogP contribution in [0.5, 0.6) is 0 Å². The maximum absolute atomic E-state index is 15.1. The number of cyclic esters (lactones) is 1. The van der Waals surface area contributed by atoms with Crippen molar-refractivity contribution in [3.05, 3.63) is 81.9 Å². The summed E-state index contributed by atoms with van der Waals surface area (Å²) in [5.41, 5.74) is 0.555. The highest BCUT2D eigenvalue weighted by molar-refractivity contribution is 5.98. The van der Waals surface area contributed by atoms with Gasteiger partial charge in [-0.05, 0) is 29.8 Å². The summed E-state index contributed by atoms with van der Waals surface area (Å²) in [6.07, 6.45) is -3.04. The molecule has 3 heterocycles. The van der Waals surface area contributed by atoms with Crippen LogP contribution >= 0.6 is 0 Å². The topological polar surface area (TPSA) is 90.8 Å². The Labute approximate surface area is 177 Å². The van der Waals surface area contributed by atoms with Gasteiger partial charge in [-0.2, -0.15) is 23.5 Å². The molecule has 32 heavy (non-hydrogen) atoms. The molecule has 1 atom stereocenters. The lowest BCUT2D eigenvalue weighted by atomic mass is 9.79. The number of hydrogen-bond acceptors (Lipinski definition) is 5. The van der Waals surface area contributed by atoms with E-state index in [1.54, 1.807) is 0 Å². The number of allylic oxidation sites excluding steroid dienone is 1. The van der Waals surface area contributed by atoms with E-state index in [1.807, 2.05) is 6.07 Å². The van der Waals surface area contributed by atoms with Crippen LogP contribution in [0.3, 0.4) is 0 Å². The van der Waals surface area contributed by atoms with E-state index < -0.39 is 29.4 Å². The van der Waals surface area contributed by atoms with Crippen molar-refractivity contribution < 1.29 is 27.1 Å². The molecule has 6 nitrogen and oxygen atoms in total. The molecule has 2 N–H and O–H groups in total. The van der Waals surface area contributed by atoms with Gasteiger partial charge in [-0.25, -0.2) is 9.18 Å². The smallest absolute Gasteiger partial charge is 0.416 e. The first-order chi connectivity index (χ1) is 15.3. The van der Waals surface area contributed by atoms with E-state index in [0.29, 0.717) is 16.6 Å². The molecular formula is C22H12F4N4O2. The number of H-pyrrole nitrogens is 1. The minimum Gasteiger partial charge on any atom is -0.456 e. The largest absolute Gasteiger partial charge is 0.456 e. The highest BCUT2D eigenvalue weighted by Gasteiger charge is 2.41. The fourth-order valence-electron chi connectivity index (χ4n) is 4.01. The molecule has 0 bridgehead atoms. The highest BCUT2D eigenvalue weighted by atomic mass is 19.4. The van der Waals surface area contributed by atoms with Crippen LogP contribution in [-0.2, 0) is 15.7 Å². The van der Waals surface area contributed by atoms with Gasteiger partial charge in [0.2, 0.25) is 0 Å². The first kappa shape index (κ1) is 19.8. The SMILES string of the molecule is N#CC1=C(c2ccc(C(F)(F)F)cc2)NC2=C(C(=O)OC2)C1c1cc2cn[nH]c2cc1F. The maximum Gasteiger partial charge on any atom is 0.416 e. The summed E-state index contributed by atoms with van der Waals surface area (Å²) in [5.74, 6) is -2.45. The van der Waals surface area contributed by atoms with E-state index in [1.165, 1.54) is 30.5 Å². The lowest BCUT2D eigenvalue weighted by molar-refractivity contribution is -0.138. The van der Waals surface area contributed by atoms with Gasteiger partial charge in [0.15, 0.2) is 0 Å². The standard InChI is InChI=1S/C22H12F4N4O2/c23-15-6-16-11(8-28-30-16)5-13(15)18-14(7-27)20(29-17-9-32-21(31)19(17)18)10-1-3-12(4-2-10)22(24,25)26/h1-6,8,18,29H,9H2,(H,28,30). The van der Waals surface area contributed by atoms with E-state index >= 15 is 4.39 Å². The molecular weight excluding hydrogens is 428 g/mol. The number of alkyl halides is 3. The number of ether oxygens (including phenoxy) is 1. The van der Waals surface area contributed by atoms with Crippen LogP contribution in [0.2, 0.25) is 0 Å². The van der Waals surface area contributed by atoms with Gasteiger partial charge in [0, 0.05) is 10.9 Å². The van der Waals surface area contributed by atoms with Gasteiger partial charge in [-0.15, -0.1) is 0 Å². The quantitative estimate of drug-likeness (QED) is 0.462. The number of carbonyl (C=O) groups is 1. The zero-order valence-electron chi connectivity index (χ0n) is 16.0. The molecule has 1 unspecified atom stereocenters. The predicted molar refractivity (Wildman–Crippen MR) is 104 cm³/mol. The molecule has 160 valence electrons. The second-order valence-corrected chi connectivity index (χ2v) is 7.33. The zero-order valence-corrected chi connectivity index (χ0v) is 16.0. The van der Waals surface area contributed by atoms with Gasteiger partial charge >= 0.3 is 12.1 Å². The zero-order chi connectivity index (χ0) is 22.6. The van der Waals surface area contributed by atoms with Crippen LogP contribution in [0.15, 0.2) is 59.4 Å². The minimum atomic E-state index is -4.52. The number of benzene rings is 2. The number of nitrogens with one attached hydrogen (secondary N) is 2. The lowest BCUT2D eigenvalue weighted by Gasteiger charge is -2.27. The number of nitriles is 1. The third kappa shape index (κ3) is 3.01. The Morgan fingerprint density at radius 2 is 1.94 bits per heavy atom. The Morgan fingerprint density at radius 3 is 2.62 bits per heavy atom. The second-order valence-electron chi connectivity index (χ2n) is 7.33. The number of esters is 1. The summed E-state index contributed by atoms with van der Waals surface area (Å²) in [4.78, 5) is 12.5. The van der Waals surface area contributed by atoms with Crippen LogP contribution in [0.1, 0.15) is 22.6 Å². The predicted octanol–water partition coefficient (Wildman–Crippen LogP) is 4.15. The number of aromatic nitrogens is 2. The Morgan fingerprint density at radius 1 is 1.19 bits per heavy atom. The van der Waals surface area contributed by atoms with Crippen molar-refractivity contribution >= 4 is 22.6 Å². The average Bonchev–Trinajstić information content (AvgIpc) is 3.37. The number of halogens is 4. The van der Waals surface area contributed by atoms with Crippen molar-refractivity contribution in [2.75, 3.05) is 6.61 Å². The van der Waals surface area contributed by atoms with E-state index in [0.717, 1.165) is 12.1 Å². The number of rotatable bonds is 2. The summed E-state index contributed by atoms with van der Waals surface area (Å²) in [5, 5.41) is 20.0. The van der Waals surface area contributed by atoms with Crippen molar-refractivity contribution in [3.63, 3.8) is 0 Å². The van der Waals surface area contributed by atoms with Gasteiger partial charge < -0.3 is 10.1 Å². The van der Waals surface area contributed by atoms with Gasteiger partial charge in [-0.3, -0.25) is 5.10 Å². The van der Waals surface area contributed by atoms with Crippen molar-refractivity contribution in [2.45, 2.75) is 12.1 Å². The molecule has 0 amide bonds. The number of aromatic amines is 1. The summed E-state index contributed by atoms with van der Waals surface area (Å²) >= 11 is 0. The van der Waals surface area contributed by atoms with Crippen LogP contribution in [-0.4, -0.2) is 22.8 Å². The van der Waals surface area contributed by atoms with Crippen LogP contribution in [0.4, 0.5) is 17.6 Å². The van der Waals surface area contributed by atoms with Crippen molar-refractivity contribution in [3.8, 4) is 6.07 Å². The van der Waals surface area contributed by atoms with Crippen molar-refractivity contribution in [1.82, 2.24) is 15.5 Å². The fourth-order valence-corrected chi connectivity index (χ4v) is 4.01. The third-order valence-corrected chi connectivity index (χ3v) is 5.51. The molecule has 3 aromatic rings. The molecule has 1 aromatic heterocycles. The Kier molecular flexibility index (Phi) is 4.30. The van der Waals surface area contributed by atoms with Gasteiger partial charge in [0.05, 0.1) is 51.8 Å². The number of hydrogen-bond donors (Lipinski definition) is 2. The first-order valence-electron chi connectivity index (χ1n) is 9.39. The normalized spacial score (nSPS) is 18.5. The van der Waals surface area contributed by atoms with Gasteiger partial charge in [-0.1, -0.05) is 12.1 Å². The Balaban J connectivity index is 1.71. The van der Waals surface area contributed by atoms with Crippen LogP contribution in [0, 0.1) is 17.1 Å². The minimum absolute atomic E-state index is 0.0101. The molecule has 10 heteroatoms. The molecule has 2 aliphatic rings. The summed E-state index contributed by atoms with van der Waals surface area (Å²) in [6.45, 7) is -0.122. The monoisotopic (exact) mass is 440 g/mol. The molecule has 5 rings (SSSR count). The molecule has 2 aromatic carbocycles. The van der Waals surface area contributed by atoms with Crippen LogP contribution < -0.4 is 5.32 Å². The number of fused-ring (bicyclic) bond motifs is 1. The van der Waals surface area contributed by atoms with E-state index in [-0.39, 0.29) is 34.6 Å². The average molecular weight is 440 g/mol. The summed E-state index contributed by atoms with van der Waals surface area (Å²) in [7, 11) is 0. The lowest BCUT2D eigenvalue weighted by Crippen LogP contribution is -2.26. The van der Waals surface area contributed by atoms with E-state index in [4.69, 9.17) is 4.74 Å². The number of nitrogens with zero attached hydrogens (tertiary/aromatic N) is 2. The molecule has 0 saturated heterocycles. The van der Waals surface area contributed by atoms with Crippen LogP contribution in [0.25, 0.3) is 16.6 Å². The Bertz CT molecular complexity index is 1380.